The first kappa shape index (κ1) is 22.5. The zero-order chi connectivity index (χ0) is 15.1. The molecule has 0 rings (SSSR count). The van der Waals surface area contributed by atoms with Crippen molar-refractivity contribution in [3.63, 3.8) is 0 Å². The second-order valence-electron chi connectivity index (χ2n) is 4.20. The van der Waals surface area contributed by atoms with Gasteiger partial charge in [-0.1, -0.05) is 0 Å². The molecule has 0 saturated carbocycles. The van der Waals surface area contributed by atoms with Crippen molar-refractivity contribution in [3.8, 4) is 0 Å². The van der Waals surface area contributed by atoms with E-state index in [1.165, 1.54) is 0 Å². The molecular weight excluding hydrogens is 622 g/mol. The quantitative estimate of drug-likeness (QED) is 0.147. The molecule has 122 valence electrons. The van der Waals surface area contributed by atoms with E-state index in [1.807, 2.05) is 0 Å². The molecular formula is C12H27O4PTe3. The number of hydrogen-bond acceptors (Lipinski definition) is 4. The van der Waals surface area contributed by atoms with Gasteiger partial charge >= 0.3 is 158 Å². The Labute approximate surface area is 156 Å². The maximum absolute atomic E-state index is 12.5. The molecule has 0 heterocycles. The normalized spacial score (nSPS) is 11.9. The van der Waals surface area contributed by atoms with Gasteiger partial charge in [-0.25, -0.2) is 0 Å². The fraction of sp³-hybridized carbons (Fsp3) is 1.00. The molecule has 0 spiro atoms. The van der Waals surface area contributed by atoms with E-state index in [2.05, 4.69) is 20.8 Å². The van der Waals surface area contributed by atoms with Gasteiger partial charge in [-0.15, -0.1) is 0 Å². The van der Waals surface area contributed by atoms with Crippen molar-refractivity contribution in [3.05, 3.63) is 0 Å². The molecule has 0 N–H and O–H groups in total. The number of hydrogen-bond donors (Lipinski definition) is 0. The first-order valence-electron chi connectivity index (χ1n) is 7.22. The van der Waals surface area contributed by atoms with E-state index < -0.39 is 71.8 Å². The van der Waals surface area contributed by atoms with Crippen LogP contribution in [0.15, 0.2) is 0 Å². The van der Waals surface area contributed by atoms with Crippen LogP contribution in [0.3, 0.4) is 0 Å². The molecule has 0 radical (unpaired) electrons. The summed E-state index contributed by atoms with van der Waals surface area (Å²) >= 11 is -2.02. The Bertz CT molecular complexity index is 219. The minimum absolute atomic E-state index is 0.674. The van der Waals surface area contributed by atoms with Crippen LogP contribution in [0.1, 0.15) is 59.3 Å². The summed E-state index contributed by atoms with van der Waals surface area (Å²) in [6.45, 7) is 6.48. The molecule has 0 bridgehead atoms. The molecule has 20 heavy (non-hydrogen) atoms. The fourth-order valence-corrected chi connectivity index (χ4v) is 15.3. The molecule has 0 aliphatic rings. The van der Waals surface area contributed by atoms with Crippen LogP contribution in [0.5, 0.6) is 0 Å². The Morgan fingerprint density at radius 2 is 1.00 bits per heavy atom. The van der Waals surface area contributed by atoms with E-state index >= 15 is 0 Å². The number of phosphoric acid groups is 1. The van der Waals surface area contributed by atoms with Crippen molar-refractivity contribution in [2.24, 2.45) is 0 Å². The molecule has 0 unspecified atom stereocenters. The first-order valence-corrected chi connectivity index (χ1v) is 16.5. The van der Waals surface area contributed by atoms with Crippen LogP contribution in [0, 0.1) is 0 Å². The number of rotatable bonds is 15. The van der Waals surface area contributed by atoms with Gasteiger partial charge < -0.3 is 0 Å². The van der Waals surface area contributed by atoms with E-state index in [-0.39, 0.29) is 0 Å². The predicted octanol–water partition coefficient (Wildman–Crippen LogP) is 4.66. The third-order valence-corrected chi connectivity index (χ3v) is 14.3. The Hall–Kier alpha value is 2.48. The van der Waals surface area contributed by atoms with Gasteiger partial charge in [0.15, 0.2) is 0 Å². The molecule has 0 aromatic heterocycles. The summed E-state index contributed by atoms with van der Waals surface area (Å²) in [6, 6.07) is 0. The molecule has 8 heteroatoms. The predicted molar refractivity (Wildman–Crippen MR) is 87.3 cm³/mol. The number of unbranched alkanes of at least 4 members (excludes halogenated alkanes) is 3. The zero-order valence-electron chi connectivity index (χ0n) is 12.7. The first-order chi connectivity index (χ1) is 9.68. The van der Waals surface area contributed by atoms with Crippen molar-refractivity contribution >= 4 is 71.8 Å². The molecule has 0 aromatic carbocycles. The standard InChI is InChI=1S/C12H27O4PTe3/c1-4-7-10-18-14-17(13,15-19-11-8-5-2)16-20-12-9-6-3/h4-12H2,1-3H3. The van der Waals surface area contributed by atoms with Gasteiger partial charge in [-0.05, 0) is 0 Å². The topological polar surface area (TPSA) is 44.8 Å². The molecule has 0 aliphatic carbocycles. The van der Waals surface area contributed by atoms with Gasteiger partial charge in [-0.2, -0.15) is 0 Å². The van der Waals surface area contributed by atoms with E-state index in [0.717, 1.165) is 51.9 Å². The summed E-state index contributed by atoms with van der Waals surface area (Å²) in [5.41, 5.74) is 0. The van der Waals surface area contributed by atoms with E-state index in [9.17, 15) is 4.57 Å². The van der Waals surface area contributed by atoms with Gasteiger partial charge in [0.25, 0.3) is 0 Å². The van der Waals surface area contributed by atoms with Crippen molar-refractivity contribution in [2.45, 2.75) is 72.7 Å². The van der Waals surface area contributed by atoms with Crippen LogP contribution < -0.4 is 0 Å². The summed E-state index contributed by atoms with van der Waals surface area (Å²) in [7, 11) is -3.17. The second-order valence-corrected chi connectivity index (χ2v) is 14.9. The van der Waals surface area contributed by atoms with Crippen LogP contribution >= 0.6 is 7.82 Å². The van der Waals surface area contributed by atoms with Crippen molar-refractivity contribution in [1.29, 1.82) is 0 Å². The second kappa shape index (κ2) is 16.3. The van der Waals surface area contributed by atoms with Crippen LogP contribution in [-0.4, -0.2) is 64.0 Å². The third-order valence-electron chi connectivity index (χ3n) is 2.18. The van der Waals surface area contributed by atoms with Gasteiger partial charge in [0.1, 0.15) is 0 Å². The van der Waals surface area contributed by atoms with E-state index in [0.29, 0.717) is 0 Å². The molecule has 4 nitrogen and oxygen atoms in total. The third kappa shape index (κ3) is 14.1. The zero-order valence-corrected chi connectivity index (χ0v) is 20.6. The fourth-order valence-electron chi connectivity index (χ4n) is 0.953. The SMILES string of the molecule is CCCC[Te]OP(=O)(O[Te]CCCC)O[Te]CCCC. The van der Waals surface area contributed by atoms with Gasteiger partial charge in [0, 0.05) is 0 Å². The minimum atomic E-state index is -3.17. The molecule has 0 amide bonds. The van der Waals surface area contributed by atoms with E-state index in [1.54, 1.807) is 0 Å². The van der Waals surface area contributed by atoms with Gasteiger partial charge in [-0.3, -0.25) is 0 Å². The van der Waals surface area contributed by atoms with Crippen molar-refractivity contribution < 1.29 is 13.2 Å². The van der Waals surface area contributed by atoms with Crippen LogP contribution in [-0.2, 0) is 13.2 Å². The molecule has 0 saturated heterocycles. The average Bonchev–Trinajstić information content (AvgIpc) is 2.45. The van der Waals surface area contributed by atoms with E-state index in [4.69, 9.17) is 8.66 Å². The Morgan fingerprint density at radius 3 is 1.25 bits per heavy atom. The molecule has 0 atom stereocenters. The summed E-state index contributed by atoms with van der Waals surface area (Å²) < 4.78 is 32.5. The van der Waals surface area contributed by atoms with Crippen molar-refractivity contribution in [1.82, 2.24) is 0 Å². The van der Waals surface area contributed by atoms with Gasteiger partial charge in [0.05, 0.1) is 0 Å². The molecule has 0 aliphatic heterocycles. The summed E-state index contributed by atoms with van der Waals surface area (Å²) in [5.74, 6) is 0. The summed E-state index contributed by atoms with van der Waals surface area (Å²) in [6.07, 6.45) is 6.95. The Balaban J connectivity index is 4.02. The Morgan fingerprint density at radius 1 is 0.700 bits per heavy atom. The monoisotopic (exact) mass is 656 g/mol. The average molecular weight is 649 g/mol. The van der Waals surface area contributed by atoms with Crippen molar-refractivity contribution in [2.75, 3.05) is 0 Å². The molecule has 0 fully saturated rings. The molecule has 0 aromatic rings. The van der Waals surface area contributed by atoms with Crippen LogP contribution in [0.25, 0.3) is 0 Å². The van der Waals surface area contributed by atoms with Crippen LogP contribution in [0.2, 0.25) is 13.4 Å². The summed E-state index contributed by atoms with van der Waals surface area (Å²) in [5, 5.41) is 0. The van der Waals surface area contributed by atoms with Crippen LogP contribution in [0.4, 0.5) is 0 Å². The maximum atomic E-state index is 12.5. The Kier molecular flexibility index (Phi) is 18.4. The summed E-state index contributed by atoms with van der Waals surface area (Å²) in [4.78, 5) is 0. The van der Waals surface area contributed by atoms with Gasteiger partial charge in [0.2, 0.25) is 0 Å².